The number of carbonyl (C=O) groups is 1. The van der Waals surface area contributed by atoms with Crippen molar-refractivity contribution in [3.63, 3.8) is 0 Å². The van der Waals surface area contributed by atoms with Gasteiger partial charge in [-0.05, 0) is 11.5 Å². The molecule has 76 valence electrons. The number of fused-ring (bicyclic) bond motifs is 1. The van der Waals surface area contributed by atoms with Crippen LogP contribution in [0.15, 0.2) is 39.5 Å². The lowest BCUT2D eigenvalue weighted by Gasteiger charge is -2.00. The van der Waals surface area contributed by atoms with E-state index in [1.807, 2.05) is 0 Å². The average molecular weight is 204 g/mol. The van der Waals surface area contributed by atoms with E-state index in [1.165, 1.54) is 13.0 Å². The Balaban J connectivity index is 2.62. The van der Waals surface area contributed by atoms with Crippen molar-refractivity contribution in [1.29, 1.82) is 0 Å². The molecule has 4 nitrogen and oxygen atoms in total. The predicted molar refractivity (Wildman–Crippen MR) is 53.8 cm³/mol. The molecule has 0 radical (unpaired) electrons. The van der Waals surface area contributed by atoms with E-state index in [1.54, 1.807) is 24.3 Å². The van der Waals surface area contributed by atoms with Gasteiger partial charge < -0.3 is 9.15 Å². The lowest BCUT2D eigenvalue weighted by molar-refractivity contribution is -0.133. The summed E-state index contributed by atoms with van der Waals surface area (Å²) in [4.78, 5) is 22.1. The van der Waals surface area contributed by atoms with Crippen molar-refractivity contribution < 1.29 is 13.9 Å². The minimum absolute atomic E-state index is 0.0776. The van der Waals surface area contributed by atoms with Crippen molar-refractivity contribution in [3.05, 3.63) is 40.8 Å². The predicted octanol–water partition coefficient (Wildman–Crippen LogP) is 1.72. The molecule has 0 aliphatic heterocycles. The van der Waals surface area contributed by atoms with Gasteiger partial charge in [0.2, 0.25) is 0 Å². The van der Waals surface area contributed by atoms with Gasteiger partial charge in [-0.3, -0.25) is 4.79 Å². The molecule has 4 heteroatoms. The molecule has 0 saturated heterocycles. The van der Waals surface area contributed by atoms with Crippen LogP contribution in [-0.4, -0.2) is 5.97 Å². The Hall–Kier alpha value is -2.10. The highest BCUT2D eigenvalue weighted by molar-refractivity contribution is 5.82. The Kier molecular flexibility index (Phi) is 2.25. The number of esters is 1. The first-order valence-electron chi connectivity index (χ1n) is 4.38. The molecule has 15 heavy (non-hydrogen) atoms. The summed E-state index contributed by atoms with van der Waals surface area (Å²) in [6, 6.07) is 8.44. The molecule has 0 N–H and O–H groups in total. The van der Waals surface area contributed by atoms with Crippen molar-refractivity contribution in [2.75, 3.05) is 0 Å². The maximum atomic E-state index is 11.4. The molecule has 1 aromatic carbocycles. The van der Waals surface area contributed by atoms with Crippen LogP contribution < -0.4 is 10.4 Å². The average Bonchev–Trinajstić information content (AvgIpc) is 2.16. The summed E-state index contributed by atoms with van der Waals surface area (Å²) in [7, 11) is 0. The molecule has 0 unspecified atom stereocenters. The van der Waals surface area contributed by atoms with Crippen LogP contribution in [0, 0.1) is 0 Å². The Morgan fingerprint density at radius 3 is 2.80 bits per heavy atom. The SMILES string of the molecule is CC(=O)Oc1cc2ccccc2c(=O)o1. The second-order valence-electron chi connectivity index (χ2n) is 3.03. The van der Waals surface area contributed by atoms with Gasteiger partial charge in [-0.1, -0.05) is 18.2 Å². The summed E-state index contributed by atoms with van der Waals surface area (Å²) in [5, 5.41) is 1.15. The number of benzene rings is 1. The van der Waals surface area contributed by atoms with Crippen LogP contribution in [0.3, 0.4) is 0 Å². The quantitative estimate of drug-likeness (QED) is 0.663. The van der Waals surface area contributed by atoms with Crippen LogP contribution in [0.1, 0.15) is 6.92 Å². The van der Waals surface area contributed by atoms with E-state index >= 15 is 0 Å². The van der Waals surface area contributed by atoms with Crippen LogP contribution in [-0.2, 0) is 4.79 Å². The number of hydrogen-bond acceptors (Lipinski definition) is 4. The fraction of sp³-hybridized carbons (Fsp3) is 0.0909. The summed E-state index contributed by atoms with van der Waals surface area (Å²) in [6.45, 7) is 1.25. The van der Waals surface area contributed by atoms with Crippen LogP contribution >= 0.6 is 0 Å². The normalized spacial score (nSPS) is 10.2. The van der Waals surface area contributed by atoms with E-state index in [0.717, 1.165) is 0 Å². The largest absolute Gasteiger partial charge is 0.393 e. The van der Waals surface area contributed by atoms with Gasteiger partial charge in [0, 0.05) is 13.0 Å². The molecule has 0 amide bonds. The first kappa shape index (κ1) is 9.45. The van der Waals surface area contributed by atoms with Crippen LogP contribution in [0.25, 0.3) is 10.8 Å². The van der Waals surface area contributed by atoms with Gasteiger partial charge in [0.15, 0.2) is 0 Å². The van der Waals surface area contributed by atoms with E-state index in [4.69, 9.17) is 9.15 Å². The maximum Gasteiger partial charge on any atom is 0.346 e. The first-order valence-corrected chi connectivity index (χ1v) is 4.38. The number of ether oxygens (including phenoxy) is 1. The molecule has 0 spiro atoms. The van der Waals surface area contributed by atoms with Crippen molar-refractivity contribution in [1.82, 2.24) is 0 Å². The highest BCUT2D eigenvalue weighted by Gasteiger charge is 2.05. The summed E-state index contributed by atoms with van der Waals surface area (Å²) >= 11 is 0. The second kappa shape index (κ2) is 3.57. The fourth-order valence-corrected chi connectivity index (χ4v) is 1.30. The van der Waals surface area contributed by atoms with Gasteiger partial charge in [0.1, 0.15) is 0 Å². The van der Waals surface area contributed by atoms with Crippen LogP contribution in [0.4, 0.5) is 0 Å². The smallest absolute Gasteiger partial charge is 0.346 e. The highest BCUT2D eigenvalue weighted by atomic mass is 16.6. The van der Waals surface area contributed by atoms with Gasteiger partial charge >= 0.3 is 11.6 Å². The van der Waals surface area contributed by atoms with E-state index in [-0.39, 0.29) is 5.95 Å². The number of hydrogen-bond donors (Lipinski definition) is 0. The van der Waals surface area contributed by atoms with E-state index < -0.39 is 11.6 Å². The van der Waals surface area contributed by atoms with Crippen molar-refractivity contribution in [3.8, 4) is 5.95 Å². The van der Waals surface area contributed by atoms with Gasteiger partial charge in [-0.2, -0.15) is 0 Å². The molecular formula is C11H8O4. The van der Waals surface area contributed by atoms with Crippen molar-refractivity contribution in [2.24, 2.45) is 0 Å². The molecule has 2 aromatic rings. The Morgan fingerprint density at radius 1 is 1.33 bits per heavy atom. The van der Waals surface area contributed by atoms with Crippen LogP contribution in [0.2, 0.25) is 0 Å². The van der Waals surface area contributed by atoms with E-state index in [0.29, 0.717) is 10.8 Å². The summed E-state index contributed by atoms with van der Waals surface area (Å²) in [5.74, 6) is -0.598. The third kappa shape index (κ3) is 1.88. The van der Waals surface area contributed by atoms with Crippen molar-refractivity contribution >= 4 is 16.7 Å². The molecule has 0 fully saturated rings. The standard InChI is InChI=1S/C11H8O4/c1-7(12)14-10-6-8-4-2-3-5-9(8)11(13)15-10/h2-6H,1H3. The molecule has 0 aliphatic rings. The Morgan fingerprint density at radius 2 is 2.07 bits per heavy atom. The van der Waals surface area contributed by atoms with Gasteiger partial charge in [-0.15, -0.1) is 0 Å². The Labute approximate surface area is 85.1 Å². The Bertz CT molecular complexity index is 568. The van der Waals surface area contributed by atoms with E-state index in [9.17, 15) is 9.59 Å². The third-order valence-electron chi connectivity index (χ3n) is 1.89. The highest BCUT2D eigenvalue weighted by Crippen LogP contribution is 2.16. The zero-order valence-electron chi connectivity index (χ0n) is 8.02. The number of rotatable bonds is 1. The molecule has 2 rings (SSSR count). The third-order valence-corrected chi connectivity index (χ3v) is 1.89. The monoisotopic (exact) mass is 204 g/mol. The summed E-state index contributed by atoms with van der Waals surface area (Å²) in [6.07, 6.45) is 0. The molecule has 0 bridgehead atoms. The van der Waals surface area contributed by atoms with Gasteiger partial charge in [-0.25, -0.2) is 4.79 Å². The topological polar surface area (TPSA) is 56.5 Å². The lowest BCUT2D eigenvalue weighted by Crippen LogP contribution is -2.06. The number of carbonyl (C=O) groups excluding carboxylic acids is 1. The maximum absolute atomic E-state index is 11.4. The van der Waals surface area contributed by atoms with Gasteiger partial charge in [0.05, 0.1) is 5.39 Å². The molecule has 0 atom stereocenters. The molecule has 0 saturated carbocycles. The van der Waals surface area contributed by atoms with Crippen molar-refractivity contribution in [2.45, 2.75) is 6.92 Å². The minimum Gasteiger partial charge on any atom is -0.393 e. The first-order chi connectivity index (χ1) is 7.16. The molecule has 1 heterocycles. The molecular weight excluding hydrogens is 196 g/mol. The fourth-order valence-electron chi connectivity index (χ4n) is 1.30. The van der Waals surface area contributed by atoms with E-state index in [2.05, 4.69) is 0 Å². The lowest BCUT2D eigenvalue weighted by atomic mass is 10.2. The van der Waals surface area contributed by atoms with Crippen LogP contribution in [0.5, 0.6) is 5.95 Å². The summed E-state index contributed by atoms with van der Waals surface area (Å²) in [5.41, 5.74) is -0.510. The zero-order chi connectivity index (χ0) is 10.8. The molecule has 1 aromatic heterocycles. The van der Waals surface area contributed by atoms with Gasteiger partial charge in [0.25, 0.3) is 5.95 Å². The summed E-state index contributed by atoms with van der Waals surface area (Å²) < 4.78 is 9.50. The second-order valence-corrected chi connectivity index (χ2v) is 3.03. The zero-order valence-corrected chi connectivity index (χ0v) is 8.02. The minimum atomic E-state index is -0.520. The molecule has 0 aliphatic carbocycles.